The molecule has 0 spiro atoms. The Kier molecular flexibility index (Phi) is 6.49. The molecule has 0 bridgehead atoms. The predicted molar refractivity (Wildman–Crippen MR) is 96.4 cm³/mol. The molecule has 3 nitrogen and oxygen atoms in total. The molecule has 23 heavy (non-hydrogen) atoms. The molecule has 3 N–H and O–H groups in total. The highest BCUT2D eigenvalue weighted by Gasteiger charge is 2.44. The predicted octanol–water partition coefficient (Wildman–Crippen LogP) is 3.83. The van der Waals surface area contributed by atoms with E-state index in [1.807, 2.05) is 37.3 Å². The number of nitrogens with one attached hydrogen (secondary N) is 1. The maximum absolute atomic E-state index is 12.4. The molecule has 4 heteroatoms. The van der Waals surface area contributed by atoms with E-state index in [1.54, 1.807) is 0 Å². The molecule has 1 aromatic carbocycles. The van der Waals surface area contributed by atoms with Crippen molar-refractivity contribution in [3.63, 3.8) is 0 Å². The summed E-state index contributed by atoms with van der Waals surface area (Å²) < 4.78 is 0. The second-order valence-electron chi connectivity index (χ2n) is 7.14. The van der Waals surface area contributed by atoms with Crippen LogP contribution in [0.25, 0.3) is 0 Å². The summed E-state index contributed by atoms with van der Waals surface area (Å²) in [5.41, 5.74) is 7.28. The lowest BCUT2D eigenvalue weighted by molar-refractivity contribution is -0.125. The molecular formula is C19H29ClN2O. The normalized spacial score (nSPS) is 26.7. The molecule has 4 unspecified atom stereocenters. The van der Waals surface area contributed by atoms with Crippen LogP contribution in [0.4, 0.5) is 0 Å². The zero-order valence-corrected chi connectivity index (χ0v) is 14.7. The number of amides is 1. The second kappa shape index (κ2) is 8.16. The van der Waals surface area contributed by atoms with Gasteiger partial charge in [-0.25, -0.2) is 0 Å². The van der Waals surface area contributed by atoms with Gasteiger partial charge in [-0.1, -0.05) is 69.4 Å². The van der Waals surface area contributed by atoms with Crippen molar-refractivity contribution in [2.24, 2.45) is 23.5 Å². The van der Waals surface area contributed by atoms with E-state index in [1.165, 1.54) is 38.5 Å². The van der Waals surface area contributed by atoms with E-state index in [9.17, 15) is 4.79 Å². The van der Waals surface area contributed by atoms with E-state index in [0.29, 0.717) is 6.04 Å². The van der Waals surface area contributed by atoms with E-state index < -0.39 is 0 Å². The molecule has 128 valence electrons. The van der Waals surface area contributed by atoms with Crippen LogP contribution in [0, 0.1) is 17.8 Å². The summed E-state index contributed by atoms with van der Waals surface area (Å²) in [6.07, 6.45) is 8.02. The van der Waals surface area contributed by atoms with Gasteiger partial charge in [-0.3, -0.25) is 4.79 Å². The van der Waals surface area contributed by atoms with Crippen molar-refractivity contribution >= 4 is 18.3 Å². The van der Waals surface area contributed by atoms with Gasteiger partial charge in [0, 0.05) is 12.1 Å². The van der Waals surface area contributed by atoms with Crippen LogP contribution in [-0.4, -0.2) is 11.9 Å². The van der Waals surface area contributed by atoms with E-state index in [0.717, 1.165) is 17.4 Å². The van der Waals surface area contributed by atoms with Gasteiger partial charge >= 0.3 is 0 Å². The highest BCUT2D eigenvalue weighted by molar-refractivity contribution is 5.85. The van der Waals surface area contributed by atoms with E-state index >= 15 is 0 Å². The summed E-state index contributed by atoms with van der Waals surface area (Å²) in [5.74, 6) is 1.50. The fourth-order valence-corrected chi connectivity index (χ4v) is 3.91. The zero-order chi connectivity index (χ0) is 15.5. The van der Waals surface area contributed by atoms with Crippen LogP contribution in [0.2, 0.25) is 0 Å². The Bertz CT molecular complexity index is 501. The van der Waals surface area contributed by atoms with Crippen molar-refractivity contribution in [3.05, 3.63) is 35.9 Å². The molecule has 1 amide bonds. The van der Waals surface area contributed by atoms with Gasteiger partial charge in [0.25, 0.3) is 0 Å². The van der Waals surface area contributed by atoms with Crippen molar-refractivity contribution in [2.45, 2.75) is 57.5 Å². The standard InChI is InChI=1S/C19H28N2O.ClH/c1-13(18(20)15-10-6-3-7-11-15)19(22)21-17-12-16(17)14-8-4-2-5-9-14;/h3,6-7,10-11,13-14,16-18H,2,4-5,8-9,12,20H2,1H3,(H,21,22);1H. The smallest absolute Gasteiger partial charge is 0.224 e. The number of carbonyl (C=O) groups is 1. The van der Waals surface area contributed by atoms with E-state index in [4.69, 9.17) is 5.73 Å². The number of carbonyl (C=O) groups excluding carboxylic acids is 1. The molecule has 1 aromatic rings. The highest BCUT2D eigenvalue weighted by atomic mass is 35.5. The number of nitrogens with two attached hydrogens (primary N) is 1. The average molecular weight is 337 g/mol. The molecule has 0 heterocycles. The Morgan fingerprint density at radius 3 is 2.48 bits per heavy atom. The number of halogens is 1. The first-order valence-corrected chi connectivity index (χ1v) is 8.77. The first-order chi connectivity index (χ1) is 10.7. The summed E-state index contributed by atoms with van der Waals surface area (Å²) in [5, 5.41) is 3.23. The van der Waals surface area contributed by atoms with Gasteiger partial charge in [-0.05, 0) is 23.8 Å². The lowest BCUT2D eigenvalue weighted by Gasteiger charge is -2.23. The Morgan fingerprint density at radius 1 is 1.17 bits per heavy atom. The monoisotopic (exact) mass is 336 g/mol. The largest absolute Gasteiger partial charge is 0.353 e. The maximum atomic E-state index is 12.4. The summed E-state index contributed by atoms with van der Waals surface area (Å²) in [6, 6.07) is 10.1. The Hall–Kier alpha value is -1.06. The number of hydrogen-bond acceptors (Lipinski definition) is 2. The SMILES string of the molecule is CC(C(=O)NC1CC1C1CCCCC1)C(N)c1ccccc1.Cl. The van der Waals surface area contributed by atoms with Gasteiger partial charge in [0.15, 0.2) is 0 Å². The third kappa shape index (κ3) is 4.48. The van der Waals surface area contributed by atoms with Gasteiger partial charge in [0.1, 0.15) is 0 Å². The minimum Gasteiger partial charge on any atom is -0.353 e. The molecule has 0 aliphatic heterocycles. The molecule has 0 saturated heterocycles. The van der Waals surface area contributed by atoms with E-state index in [-0.39, 0.29) is 30.3 Å². The molecule has 4 atom stereocenters. The minimum atomic E-state index is -0.229. The lowest BCUT2D eigenvalue weighted by Crippen LogP contribution is -2.37. The average Bonchev–Trinajstić information content (AvgIpc) is 3.34. The van der Waals surface area contributed by atoms with Gasteiger partial charge < -0.3 is 11.1 Å². The van der Waals surface area contributed by atoms with Gasteiger partial charge in [0.2, 0.25) is 5.91 Å². The topological polar surface area (TPSA) is 55.1 Å². The van der Waals surface area contributed by atoms with Crippen LogP contribution in [0.1, 0.15) is 57.1 Å². The summed E-state index contributed by atoms with van der Waals surface area (Å²) in [6.45, 7) is 1.94. The Balaban J connectivity index is 0.00000192. The number of rotatable bonds is 5. The fraction of sp³-hybridized carbons (Fsp3) is 0.632. The van der Waals surface area contributed by atoms with Crippen LogP contribution >= 0.6 is 12.4 Å². The first kappa shape index (κ1) is 18.3. The van der Waals surface area contributed by atoms with Gasteiger partial charge in [-0.2, -0.15) is 0 Å². The zero-order valence-electron chi connectivity index (χ0n) is 13.9. The van der Waals surface area contributed by atoms with Crippen LogP contribution in [0.3, 0.4) is 0 Å². The third-order valence-corrected chi connectivity index (χ3v) is 5.56. The first-order valence-electron chi connectivity index (χ1n) is 8.77. The quantitative estimate of drug-likeness (QED) is 0.858. The number of benzene rings is 1. The third-order valence-electron chi connectivity index (χ3n) is 5.56. The van der Waals surface area contributed by atoms with E-state index in [2.05, 4.69) is 5.32 Å². The summed E-state index contributed by atoms with van der Waals surface area (Å²) >= 11 is 0. The van der Waals surface area contributed by atoms with Crippen molar-refractivity contribution in [3.8, 4) is 0 Å². The highest BCUT2D eigenvalue weighted by Crippen LogP contribution is 2.44. The van der Waals surface area contributed by atoms with Gasteiger partial charge in [0.05, 0.1) is 5.92 Å². The maximum Gasteiger partial charge on any atom is 0.224 e. The van der Waals surface area contributed by atoms with Gasteiger partial charge in [-0.15, -0.1) is 12.4 Å². The van der Waals surface area contributed by atoms with Crippen molar-refractivity contribution in [2.75, 3.05) is 0 Å². The summed E-state index contributed by atoms with van der Waals surface area (Å²) in [7, 11) is 0. The minimum absolute atomic E-state index is 0. The lowest BCUT2D eigenvalue weighted by atomic mass is 9.85. The van der Waals surface area contributed by atoms with Crippen molar-refractivity contribution in [1.29, 1.82) is 0 Å². The molecule has 2 fully saturated rings. The second-order valence-corrected chi connectivity index (χ2v) is 7.14. The van der Waals surface area contributed by atoms with Crippen LogP contribution < -0.4 is 11.1 Å². The molecule has 2 saturated carbocycles. The summed E-state index contributed by atoms with van der Waals surface area (Å²) in [4.78, 5) is 12.4. The Morgan fingerprint density at radius 2 is 1.83 bits per heavy atom. The molecule has 0 aromatic heterocycles. The fourth-order valence-electron chi connectivity index (χ4n) is 3.91. The van der Waals surface area contributed by atoms with Crippen LogP contribution in [-0.2, 0) is 4.79 Å². The molecule has 3 rings (SSSR count). The molecule has 2 aliphatic carbocycles. The number of hydrogen-bond donors (Lipinski definition) is 2. The molecular weight excluding hydrogens is 308 g/mol. The van der Waals surface area contributed by atoms with Crippen LogP contribution in [0.5, 0.6) is 0 Å². The molecule has 2 aliphatic rings. The van der Waals surface area contributed by atoms with Crippen molar-refractivity contribution in [1.82, 2.24) is 5.32 Å². The van der Waals surface area contributed by atoms with Crippen molar-refractivity contribution < 1.29 is 4.79 Å². The Labute approximate surface area is 145 Å². The van der Waals surface area contributed by atoms with Crippen LogP contribution in [0.15, 0.2) is 30.3 Å². The molecule has 0 radical (unpaired) electrons.